The van der Waals surface area contributed by atoms with Crippen LogP contribution in [-0.2, 0) is 17.5 Å². The van der Waals surface area contributed by atoms with Gasteiger partial charge in [0.05, 0.1) is 17.9 Å². The first-order valence-electron chi connectivity index (χ1n) is 8.48. The number of hydrogen-bond acceptors (Lipinski definition) is 5. The standard InChI is InChI=1S/C18H20F3N3O4/c1-3-8-24-16(25)7-5-13(23-24)17(26)22-14-11-12(18(19,20)21)4-6-15(14)28-10-9-27-2/h4-7,11H,3,8-10H2,1-2H3,(H,22,26). The molecule has 0 atom stereocenters. The second kappa shape index (κ2) is 9.36. The summed E-state index contributed by atoms with van der Waals surface area (Å²) in [5, 5.41) is 6.32. The molecular weight excluding hydrogens is 379 g/mol. The molecule has 0 aliphatic rings. The summed E-state index contributed by atoms with van der Waals surface area (Å²) in [5.41, 5.74) is -1.58. The minimum atomic E-state index is -4.59. The van der Waals surface area contributed by atoms with E-state index in [4.69, 9.17) is 9.47 Å². The van der Waals surface area contributed by atoms with Crippen molar-refractivity contribution in [3.8, 4) is 5.75 Å². The number of anilines is 1. The molecule has 0 fully saturated rings. The molecule has 10 heteroatoms. The van der Waals surface area contributed by atoms with E-state index in [1.165, 1.54) is 19.2 Å². The maximum Gasteiger partial charge on any atom is 0.416 e. The number of benzene rings is 1. The van der Waals surface area contributed by atoms with Crippen molar-refractivity contribution in [3.05, 3.63) is 51.9 Å². The summed E-state index contributed by atoms with van der Waals surface area (Å²) in [4.78, 5) is 24.2. The zero-order chi connectivity index (χ0) is 20.7. The van der Waals surface area contributed by atoms with Crippen LogP contribution >= 0.6 is 0 Å². The summed E-state index contributed by atoms with van der Waals surface area (Å²) < 4.78 is 50.4. The van der Waals surface area contributed by atoms with Gasteiger partial charge < -0.3 is 14.8 Å². The highest BCUT2D eigenvalue weighted by atomic mass is 19.4. The van der Waals surface area contributed by atoms with Crippen LogP contribution in [0.25, 0.3) is 0 Å². The van der Waals surface area contributed by atoms with E-state index in [0.29, 0.717) is 13.0 Å². The molecule has 0 saturated heterocycles. The van der Waals surface area contributed by atoms with Crippen LogP contribution in [0.15, 0.2) is 35.1 Å². The van der Waals surface area contributed by atoms with Gasteiger partial charge in [0, 0.05) is 19.7 Å². The molecular formula is C18H20F3N3O4. The van der Waals surface area contributed by atoms with E-state index >= 15 is 0 Å². The van der Waals surface area contributed by atoms with Gasteiger partial charge in [-0.15, -0.1) is 0 Å². The summed E-state index contributed by atoms with van der Waals surface area (Å²) >= 11 is 0. The lowest BCUT2D eigenvalue weighted by molar-refractivity contribution is -0.137. The van der Waals surface area contributed by atoms with Gasteiger partial charge in [0.1, 0.15) is 18.1 Å². The minimum absolute atomic E-state index is 0.0558. The number of ether oxygens (including phenoxy) is 2. The number of amides is 1. The molecule has 0 aliphatic heterocycles. The Morgan fingerprint density at radius 3 is 2.61 bits per heavy atom. The number of carbonyl (C=O) groups is 1. The summed E-state index contributed by atoms with van der Waals surface area (Å²) in [6.45, 7) is 2.46. The van der Waals surface area contributed by atoms with Gasteiger partial charge in [-0.1, -0.05) is 6.92 Å². The fraction of sp³-hybridized carbons (Fsp3) is 0.389. The number of methoxy groups -OCH3 is 1. The molecule has 2 aromatic rings. The first kappa shape index (κ1) is 21.4. The first-order chi connectivity index (χ1) is 13.3. The number of nitrogens with one attached hydrogen (secondary N) is 1. The monoisotopic (exact) mass is 399 g/mol. The number of nitrogens with zero attached hydrogens (tertiary/aromatic N) is 2. The minimum Gasteiger partial charge on any atom is -0.489 e. The Labute approximate surface area is 159 Å². The number of hydrogen-bond donors (Lipinski definition) is 1. The van der Waals surface area contributed by atoms with E-state index in [1.807, 2.05) is 6.92 Å². The number of aryl methyl sites for hydroxylation is 1. The highest BCUT2D eigenvalue weighted by Crippen LogP contribution is 2.35. The molecule has 0 bridgehead atoms. The van der Waals surface area contributed by atoms with Gasteiger partial charge in [-0.3, -0.25) is 9.59 Å². The molecule has 0 saturated carbocycles. The fourth-order valence-corrected chi connectivity index (χ4v) is 2.29. The van der Waals surface area contributed by atoms with Crippen LogP contribution in [0, 0.1) is 0 Å². The lowest BCUT2D eigenvalue weighted by atomic mass is 10.1. The quantitative estimate of drug-likeness (QED) is 0.690. The van der Waals surface area contributed by atoms with E-state index in [-0.39, 0.29) is 35.9 Å². The van der Waals surface area contributed by atoms with Crippen LogP contribution < -0.4 is 15.6 Å². The molecule has 0 radical (unpaired) electrons. The molecule has 0 unspecified atom stereocenters. The van der Waals surface area contributed by atoms with Crippen molar-refractivity contribution in [2.45, 2.75) is 26.1 Å². The molecule has 7 nitrogen and oxygen atoms in total. The number of rotatable bonds is 8. The predicted molar refractivity (Wildman–Crippen MR) is 95.6 cm³/mol. The fourth-order valence-electron chi connectivity index (χ4n) is 2.29. The molecule has 1 aromatic heterocycles. The van der Waals surface area contributed by atoms with Crippen LogP contribution in [0.3, 0.4) is 0 Å². The molecule has 2 rings (SSSR count). The Bertz CT molecular complexity index is 881. The number of halogens is 3. The van der Waals surface area contributed by atoms with Gasteiger partial charge in [-0.05, 0) is 30.7 Å². The van der Waals surface area contributed by atoms with Crippen molar-refractivity contribution >= 4 is 11.6 Å². The zero-order valence-corrected chi connectivity index (χ0v) is 15.4. The Morgan fingerprint density at radius 1 is 1.21 bits per heavy atom. The van der Waals surface area contributed by atoms with E-state index in [0.717, 1.165) is 22.9 Å². The molecule has 1 aromatic carbocycles. The van der Waals surface area contributed by atoms with Crippen molar-refractivity contribution in [3.63, 3.8) is 0 Å². The molecule has 152 valence electrons. The number of carbonyl (C=O) groups excluding carboxylic acids is 1. The molecule has 1 amide bonds. The third kappa shape index (κ3) is 5.56. The van der Waals surface area contributed by atoms with Crippen LogP contribution in [0.1, 0.15) is 29.4 Å². The largest absolute Gasteiger partial charge is 0.489 e. The maximum absolute atomic E-state index is 13.0. The van der Waals surface area contributed by atoms with Crippen molar-refractivity contribution in [2.24, 2.45) is 0 Å². The highest BCUT2D eigenvalue weighted by molar-refractivity contribution is 6.03. The Hall–Kier alpha value is -2.88. The zero-order valence-electron chi connectivity index (χ0n) is 15.4. The smallest absolute Gasteiger partial charge is 0.416 e. The molecule has 0 aliphatic carbocycles. The van der Waals surface area contributed by atoms with Crippen molar-refractivity contribution in [1.82, 2.24) is 9.78 Å². The lowest BCUT2D eigenvalue weighted by Gasteiger charge is -2.15. The number of alkyl halides is 3. The lowest BCUT2D eigenvalue weighted by Crippen LogP contribution is -2.26. The van der Waals surface area contributed by atoms with Crippen LogP contribution in [0.4, 0.5) is 18.9 Å². The summed E-state index contributed by atoms with van der Waals surface area (Å²) in [5.74, 6) is -0.707. The van der Waals surface area contributed by atoms with E-state index in [2.05, 4.69) is 10.4 Å². The summed E-state index contributed by atoms with van der Waals surface area (Å²) in [6.07, 6.45) is -3.96. The average molecular weight is 399 g/mol. The number of aromatic nitrogens is 2. The van der Waals surface area contributed by atoms with Gasteiger partial charge in [0.15, 0.2) is 0 Å². The van der Waals surface area contributed by atoms with Gasteiger partial charge in [-0.25, -0.2) is 4.68 Å². The van der Waals surface area contributed by atoms with Crippen molar-refractivity contribution < 1.29 is 27.4 Å². The van der Waals surface area contributed by atoms with Crippen molar-refractivity contribution in [2.75, 3.05) is 25.6 Å². The summed E-state index contributed by atoms with van der Waals surface area (Å²) in [6, 6.07) is 5.15. The maximum atomic E-state index is 13.0. The topological polar surface area (TPSA) is 82.5 Å². The van der Waals surface area contributed by atoms with Crippen LogP contribution in [-0.4, -0.2) is 36.0 Å². The first-order valence-corrected chi connectivity index (χ1v) is 8.48. The Morgan fingerprint density at radius 2 is 1.96 bits per heavy atom. The average Bonchev–Trinajstić information content (AvgIpc) is 2.64. The van der Waals surface area contributed by atoms with Crippen molar-refractivity contribution in [1.29, 1.82) is 0 Å². The molecule has 1 N–H and O–H groups in total. The van der Waals surface area contributed by atoms with Gasteiger partial charge in [-0.2, -0.15) is 18.3 Å². The van der Waals surface area contributed by atoms with Crippen LogP contribution in [0.5, 0.6) is 5.75 Å². The third-order valence-electron chi connectivity index (χ3n) is 3.63. The summed E-state index contributed by atoms with van der Waals surface area (Å²) in [7, 11) is 1.45. The second-order valence-corrected chi connectivity index (χ2v) is 5.78. The van der Waals surface area contributed by atoms with E-state index in [1.54, 1.807) is 0 Å². The van der Waals surface area contributed by atoms with E-state index in [9.17, 15) is 22.8 Å². The molecule has 1 heterocycles. The predicted octanol–water partition coefficient (Wildman–Crippen LogP) is 2.95. The Balaban J connectivity index is 2.32. The normalized spacial score (nSPS) is 11.3. The second-order valence-electron chi connectivity index (χ2n) is 5.78. The SMILES string of the molecule is CCCn1nc(C(=O)Nc2cc(C(F)(F)F)ccc2OCCOC)ccc1=O. The third-order valence-corrected chi connectivity index (χ3v) is 3.63. The molecule has 0 spiro atoms. The Kier molecular flexibility index (Phi) is 7.16. The van der Waals surface area contributed by atoms with Gasteiger partial charge in [0.2, 0.25) is 0 Å². The van der Waals surface area contributed by atoms with Gasteiger partial charge in [0.25, 0.3) is 11.5 Å². The highest BCUT2D eigenvalue weighted by Gasteiger charge is 2.31. The van der Waals surface area contributed by atoms with Gasteiger partial charge >= 0.3 is 6.18 Å². The van der Waals surface area contributed by atoms with Crippen LogP contribution in [0.2, 0.25) is 0 Å². The molecule has 28 heavy (non-hydrogen) atoms. The van der Waals surface area contributed by atoms with E-state index < -0.39 is 17.6 Å².